The average molecular weight is 816 g/mol. The molecule has 0 saturated heterocycles. The van der Waals surface area contributed by atoms with E-state index in [0.717, 1.165) is 33.4 Å². The third-order valence-corrected chi connectivity index (χ3v) is 9.70. The molecule has 12 nitrogen and oxygen atoms in total. The van der Waals surface area contributed by atoms with Gasteiger partial charge in [0.25, 0.3) is 0 Å². The van der Waals surface area contributed by atoms with Crippen LogP contribution in [-0.4, -0.2) is 32.1 Å². The van der Waals surface area contributed by atoms with Crippen LogP contribution in [0.3, 0.4) is 0 Å². The Morgan fingerprint density at radius 1 is 0.586 bits per heavy atom. The summed E-state index contributed by atoms with van der Waals surface area (Å²) in [5.74, 6) is -1.94. The molecule has 0 aliphatic rings. The SMILES string of the molecule is Cc1c(COc2cc(OCc3cncc(C#N)c3)c(C(=O)O)cc2Cl)cccc1-c1cccc(COc2cc(OCc3cncc(C#N)c3)c(C(=O)O)cc2Cl)c1C. The van der Waals surface area contributed by atoms with E-state index in [9.17, 15) is 30.3 Å². The van der Waals surface area contributed by atoms with E-state index in [2.05, 4.69) is 9.97 Å². The highest BCUT2D eigenvalue weighted by Crippen LogP contribution is 2.37. The minimum atomic E-state index is -1.23. The van der Waals surface area contributed by atoms with E-state index in [0.29, 0.717) is 22.3 Å². The van der Waals surface area contributed by atoms with Crippen LogP contribution in [0.2, 0.25) is 10.0 Å². The second-order valence-electron chi connectivity index (χ2n) is 12.9. The molecule has 6 aromatic rings. The summed E-state index contributed by atoms with van der Waals surface area (Å²) >= 11 is 13.0. The summed E-state index contributed by atoms with van der Waals surface area (Å²) in [5.41, 5.74) is 7.03. The van der Waals surface area contributed by atoms with Gasteiger partial charge < -0.3 is 29.2 Å². The van der Waals surface area contributed by atoms with Crippen molar-refractivity contribution in [2.45, 2.75) is 40.3 Å². The van der Waals surface area contributed by atoms with Gasteiger partial charge in [-0.1, -0.05) is 59.6 Å². The van der Waals surface area contributed by atoms with Crippen molar-refractivity contribution in [3.05, 3.63) is 163 Å². The van der Waals surface area contributed by atoms with Gasteiger partial charge in [-0.15, -0.1) is 0 Å². The molecule has 2 N–H and O–H groups in total. The molecule has 0 atom stereocenters. The van der Waals surface area contributed by atoms with Crippen LogP contribution in [0.25, 0.3) is 11.1 Å². The molecular weight excluding hydrogens is 783 g/mol. The normalized spacial score (nSPS) is 10.6. The van der Waals surface area contributed by atoms with Gasteiger partial charge in [-0.05, 0) is 71.5 Å². The van der Waals surface area contributed by atoms with E-state index in [1.165, 1.54) is 49.1 Å². The first-order valence-electron chi connectivity index (χ1n) is 17.5. The van der Waals surface area contributed by atoms with Gasteiger partial charge in [0.05, 0.1) is 21.2 Å². The van der Waals surface area contributed by atoms with Gasteiger partial charge in [0.15, 0.2) is 0 Å². The van der Waals surface area contributed by atoms with E-state index < -0.39 is 11.9 Å². The van der Waals surface area contributed by atoms with Crippen molar-refractivity contribution in [2.75, 3.05) is 0 Å². The number of ether oxygens (including phenoxy) is 4. The summed E-state index contributed by atoms with van der Waals surface area (Å²) in [6.07, 6.45) is 5.88. The topological polar surface area (TPSA) is 185 Å². The van der Waals surface area contributed by atoms with E-state index in [-0.39, 0.29) is 70.6 Å². The summed E-state index contributed by atoms with van der Waals surface area (Å²) < 4.78 is 24.0. The lowest BCUT2D eigenvalue weighted by molar-refractivity contribution is 0.0680. The molecule has 2 heterocycles. The second kappa shape index (κ2) is 18.2. The molecule has 0 fully saturated rings. The smallest absolute Gasteiger partial charge is 0.339 e. The Morgan fingerprint density at radius 3 is 1.36 bits per heavy atom. The number of carboxylic acids is 2. The third kappa shape index (κ3) is 9.45. The van der Waals surface area contributed by atoms with Crippen LogP contribution in [0.15, 0.2) is 97.6 Å². The number of carboxylic acid groups (broad SMARTS) is 2. The molecule has 58 heavy (non-hydrogen) atoms. The van der Waals surface area contributed by atoms with E-state index in [1.54, 1.807) is 12.1 Å². The van der Waals surface area contributed by atoms with Crippen molar-refractivity contribution in [2.24, 2.45) is 0 Å². The molecule has 0 spiro atoms. The lowest BCUT2D eigenvalue weighted by Crippen LogP contribution is -2.06. The van der Waals surface area contributed by atoms with Crippen LogP contribution in [0.1, 0.15) is 65.2 Å². The third-order valence-electron chi connectivity index (χ3n) is 9.11. The van der Waals surface area contributed by atoms with Gasteiger partial charge in [-0.2, -0.15) is 10.5 Å². The number of halogens is 2. The lowest BCUT2D eigenvalue weighted by atomic mass is 9.92. The number of nitrogens with zero attached hydrogens (tertiary/aromatic N) is 4. The minimum absolute atomic E-state index is 0.0353. The first-order valence-corrected chi connectivity index (χ1v) is 18.2. The predicted octanol–water partition coefficient (Wildman–Crippen LogP) is 9.52. The maximum absolute atomic E-state index is 12.0. The number of aromatic nitrogens is 2. The predicted molar refractivity (Wildman–Crippen MR) is 213 cm³/mol. The number of pyridine rings is 2. The number of hydrogen-bond acceptors (Lipinski definition) is 10. The number of hydrogen-bond donors (Lipinski definition) is 2. The van der Waals surface area contributed by atoms with Crippen LogP contribution >= 0.6 is 23.2 Å². The Kier molecular flexibility index (Phi) is 12.7. The van der Waals surface area contributed by atoms with Crippen LogP contribution in [0.4, 0.5) is 0 Å². The van der Waals surface area contributed by atoms with Crippen molar-refractivity contribution < 1.29 is 38.7 Å². The molecule has 290 valence electrons. The Balaban J connectivity index is 1.18. The van der Waals surface area contributed by atoms with Crippen molar-refractivity contribution in [3.8, 4) is 46.3 Å². The maximum Gasteiger partial charge on any atom is 0.339 e. The van der Waals surface area contributed by atoms with Crippen LogP contribution in [0.5, 0.6) is 23.0 Å². The monoisotopic (exact) mass is 814 g/mol. The summed E-state index contributed by atoms with van der Waals surface area (Å²) in [7, 11) is 0. The fourth-order valence-corrected chi connectivity index (χ4v) is 6.45. The van der Waals surface area contributed by atoms with Crippen molar-refractivity contribution >= 4 is 35.1 Å². The van der Waals surface area contributed by atoms with Gasteiger partial charge in [0, 0.05) is 48.0 Å². The first kappa shape index (κ1) is 40.5. The maximum atomic E-state index is 12.0. The van der Waals surface area contributed by atoms with E-state index in [4.69, 9.17) is 42.1 Å². The molecule has 0 aliphatic carbocycles. The number of nitriles is 2. The van der Waals surface area contributed by atoms with Crippen molar-refractivity contribution in [3.63, 3.8) is 0 Å². The number of aromatic carboxylic acids is 2. The largest absolute Gasteiger partial charge is 0.488 e. The summed E-state index contributed by atoms with van der Waals surface area (Å²) in [4.78, 5) is 32.1. The van der Waals surface area contributed by atoms with Crippen LogP contribution in [0, 0.1) is 36.5 Å². The fraction of sp³-hybridized carbons (Fsp3) is 0.136. The minimum Gasteiger partial charge on any atom is -0.488 e. The second-order valence-corrected chi connectivity index (χ2v) is 13.7. The van der Waals surface area contributed by atoms with Gasteiger partial charge >= 0.3 is 11.9 Å². The Hall–Kier alpha value is -7.12. The molecule has 0 amide bonds. The molecule has 4 aromatic carbocycles. The van der Waals surface area contributed by atoms with Crippen molar-refractivity contribution in [1.29, 1.82) is 10.5 Å². The summed E-state index contributed by atoms with van der Waals surface area (Å²) in [5, 5.41) is 38.2. The molecule has 14 heteroatoms. The molecule has 0 aliphatic heterocycles. The van der Waals surface area contributed by atoms with Crippen LogP contribution < -0.4 is 18.9 Å². The zero-order chi connectivity index (χ0) is 41.3. The molecule has 0 saturated carbocycles. The number of carbonyl (C=O) groups is 2. The molecule has 0 bridgehead atoms. The number of rotatable bonds is 15. The molecule has 0 radical (unpaired) electrons. The number of benzene rings is 4. The lowest BCUT2D eigenvalue weighted by Gasteiger charge is -2.18. The molecule has 2 aromatic heterocycles. The molecule has 6 rings (SSSR count). The Bertz CT molecular complexity index is 2460. The highest BCUT2D eigenvalue weighted by Gasteiger charge is 2.20. The van der Waals surface area contributed by atoms with Gasteiger partial charge in [0.1, 0.15) is 72.7 Å². The standard InChI is InChI=1S/C44H32Cl2N4O8/c1-25-31(23-57-41-13-39(35(43(51)52)11-37(41)45)55-21-29-9-27(15-47)17-49-19-29)5-3-7-33(25)34-8-4-6-32(26(34)2)24-58-42-14-40(36(44(53)54)12-38(42)46)56-22-30-10-28(16-48)18-50-20-30/h3-14,17-20H,21-24H2,1-2H3,(H,51,52)(H,53,54). The Morgan fingerprint density at radius 2 is 0.983 bits per heavy atom. The zero-order valence-corrected chi connectivity index (χ0v) is 32.5. The summed E-state index contributed by atoms with van der Waals surface area (Å²) in [6, 6.07) is 24.3. The highest BCUT2D eigenvalue weighted by atomic mass is 35.5. The van der Waals surface area contributed by atoms with E-state index >= 15 is 0 Å². The van der Waals surface area contributed by atoms with E-state index in [1.807, 2.05) is 62.4 Å². The van der Waals surface area contributed by atoms with Gasteiger partial charge in [0.2, 0.25) is 0 Å². The molecule has 0 unspecified atom stereocenters. The van der Waals surface area contributed by atoms with Crippen LogP contribution in [-0.2, 0) is 26.4 Å². The Labute approximate surface area is 343 Å². The van der Waals surface area contributed by atoms with Gasteiger partial charge in [-0.25, -0.2) is 9.59 Å². The quantitative estimate of drug-likeness (QED) is 0.100. The molecular formula is C44H32Cl2N4O8. The zero-order valence-electron chi connectivity index (χ0n) is 31.0. The average Bonchev–Trinajstić information content (AvgIpc) is 3.22. The van der Waals surface area contributed by atoms with Gasteiger partial charge in [-0.3, -0.25) is 9.97 Å². The summed E-state index contributed by atoms with van der Waals surface area (Å²) in [6.45, 7) is 4.09. The first-order chi connectivity index (χ1) is 27.9. The highest BCUT2D eigenvalue weighted by molar-refractivity contribution is 6.32. The fourth-order valence-electron chi connectivity index (χ4n) is 6.02. The van der Waals surface area contributed by atoms with Crippen molar-refractivity contribution in [1.82, 2.24) is 9.97 Å².